The van der Waals surface area contributed by atoms with Gasteiger partial charge in [0.2, 0.25) is 0 Å². The Morgan fingerprint density at radius 2 is 1.77 bits per heavy atom. The largest absolute Gasteiger partial charge is 0.497 e. The van der Waals surface area contributed by atoms with Gasteiger partial charge in [0.1, 0.15) is 17.2 Å². The molecule has 1 saturated heterocycles. The molecule has 1 atom stereocenters. The van der Waals surface area contributed by atoms with Crippen LogP contribution in [0.25, 0.3) is 0 Å². The van der Waals surface area contributed by atoms with Crippen molar-refractivity contribution in [2.75, 3.05) is 52.4 Å². The van der Waals surface area contributed by atoms with E-state index in [-0.39, 0.29) is 24.0 Å². The number of para-hydroxylation sites is 1. The van der Waals surface area contributed by atoms with Crippen molar-refractivity contribution in [3.63, 3.8) is 0 Å². The Morgan fingerprint density at radius 1 is 1.06 bits per heavy atom. The highest BCUT2D eigenvalue weighted by molar-refractivity contribution is 14.0. The van der Waals surface area contributed by atoms with Crippen molar-refractivity contribution in [1.82, 2.24) is 10.6 Å². The molecule has 2 aromatic rings. The molecule has 0 bridgehead atoms. The maximum atomic E-state index is 5.73. The number of benzene rings is 2. The average molecular weight is 540 g/mol. The third kappa shape index (κ3) is 7.68. The Kier molecular flexibility index (Phi) is 10.6. The third-order valence-corrected chi connectivity index (χ3v) is 5.08. The van der Waals surface area contributed by atoms with E-state index in [1.54, 1.807) is 21.3 Å². The molecule has 1 heterocycles. The van der Waals surface area contributed by atoms with E-state index in [2.05, 4.69) is 20.5 Å². The second-order valence-corrected chi connectivity index (χ2v) is 7.16. The summed E-state index contributed by atoms with van der Waals surface area (Å²) in [7, 11) is 5.15. The molecule has 8 heteroatoms. The normalized spacial score (nSPS) is 15.8. The summed E-state index contributed by atoms with van der Waals surface area (Å²) in [6.45, 7) is 3.34. The molecular formula is C23H33IN4O3. The molecule has 1 fully saturated rings. The number of methoxy groups -OCH3 is 2. The number of ether oxygens (including phenoxy) is 3. The number of halogens is 1. The molecule has 0 aliphatic carbocycles. The third-order valence-electron chi connectivity index (χ3n) is 5.08. The highest BCUT2D eigenvalue weighted by Gasteiger charge is 2.24. The molecule has 1 aliphatic heterocycles. The molecule has 0 amide bonds. The van der Waals surface area contributed by atoms with Crippen LogP contribution >= 0.6 is 24.0 Å². The minimum Gasteiger partial charge on any atom is -0.497 e. The predicted octanol–water partition coefficient (Wildman–Crippen LogP) is 3.53. The fraction of sp³-hybridized carbons (Fsp3) is 0.435. The Labute approximate surface area is 202 Å². The monoisotopic (exact) mass is 540 g/mol. The number of anilines is 1. The van der Waals surface area contributed by atoms with Crippen LogP contribution < -0.4 is 29.7 Å². The van der Waals surface area contributed by atoms with Crippen LogP contribution in [-0.2, 0) is 0 Å². The van der Waals surface area contributed by atoms with Crippen molar-refractivity contribution in [2.45, 2.75) is 18.9 Å². The number of nitrogens with zero attached hydrogens (tertiary/aromatic N) is 2. The zero-order valence-corrected chi connectivity index (χ0v) is 20.8. The number of hydrogen-bond acceptors (Lipinski definition) is 5. The maximum absolute atomic E-state index is 5.73. The van der Waals surface area contributed by atoms with Gasteiger partial charge < -0.3 is 29.7 Å². The molecule has 0 spiro atoms. The number of guanidine groups is 1. The fourth-order valence-electron chi connectivity index (χ4n) is 3.46. The second-order valence-electron chi connectivity index (χ2n) is 7.16. The predicted molar refractivity (Wildman–Crippen MR) is 137 cm³/mol. The van der Waals surface area contributed by atoms with Gasteiger partial charge in [0, 0.05) is 56.6 Å². The van der Waals surface area contributed by atoms with Crippen molar-refractivity contribution >= 4 is 35.6 Å². The van der Waals surface area contributed by atoms with E-state index in [1.807, 2.05) is 48.5 Å². The Bertz CT molecular complexity index is 797. The Balaban J connectivity index is 0.00000341. The summed E-state index contributed by atoms with van der Waals surface area (Å²) in [5, 5.41) is 6.90. The van der Waals surface area contributed by atoms with E-state index in [1.165, 1.54) is 0 Å². The van der Waals surface area contributed by atoms with Crippen LogP contribution in [0.2, 0.25) is 0 Å². The summed E-state index contributed by atoms with van der Waals surface area (Å²) in [5.74, 6) is 3.33. The van der Waals surface area contributed by atoms with Gasteiger partial charge in [-0.25, -0.2) is 0 Å². The lowest BCUT2D eigenvalue weighted by Crippen LogP contribution is -2.45. The summed E-state index contributed by atoms with van der Waals surface area (Å²) in [6, 6.07) is 16.2. The quantitative estimate of drug-likeness (QED) is 0.220. The molecule has 0 aromatic heterocycles. The van der Waals surface area contributed by atoms with Crippen LogP contribution in [0.5, 0.6) is 17.2 Å². The van der Waals surface area contributed by atoms with E-state index < -0.39 is 0 Å². The van der Waals surface area contributed by atoms with Gasteiger partial charge in [-0.15, -0.1) is 24.0 Å². The van der Waals surface area contributed by atoms with Gasteiger partial charge in [-0.3, -0.25) is 4.99 Å². The Morgan fingerprint density at radius 3 is 2.42 bits per heavy atom. The van der Waals surface area contributed by atoms with Crippen LogP contribution in [0.3, 0.4) is 0 Å². The van der Waals surface area contributed by atoms with Crippen molar-refractivity contribution in [2.24, 2.45) is 4.99 Å². The summed E-state index contributed by atoms with van der Waals surface area (Å²) in [5.41, 5.74) is 1.11. The topological polar surface area (TPSA) is 67.4 Å². The van der Waals surface area contributed by atoms with Gasteiger partial charge in [0.25, 0.3) is 0 Å². The van der Waals surface area contributed by atoms with Crippen molar-refractivity contribution < 1.29 is 14.2 Å². The van der Waals surface area contributed by atoms with Crippen molar-refractivity contribution in [3.05, 3.63) is 48.5 Å². The lowest BCUT2D eigenvalue weighted by Gasteiger charge is -2.21. The van der Waals surface area contributed by atoms with Crippen LogP contribution in [0.15, 0.2) is 53.5 Å². The van der Waals surface area contributed by atoms with Gasteiger partial charge in [-0.2, -0.15) is 0 Å². The molecule has 31 heavy (non-hydrogen) atoms. The molecule has 0 radical (unpaired) electrons. The minimum atomic E-state index is 0. The summed E-state index contributed by atoms with van der Waals surface area (Å²) >= 11 is 0. The van der Waals surface area contributed by atoms with E-state index in [0.717, 1.165) is 61.4 Å². The minimum absolute atomic E-state index is 0. The standard InChI is InChI=1S/C23H32N4O3.HI/c1-24-23(25-11-7-13-30-20-8-5-4-6-9-20)26-18-10-12-27(17-18)19-14-21(28-2)16-22(15-19)29-3;/h4-6,8-9,14-16,18H,7,10-13,17H2,1-3H3,(H2,24,25,26);1H. The zero-order chi connectivity index (χ0) is 21.2. The van der Waals surface area contributed by atoms with Crippen molar-refractivity contribution in [3.8, 4) is 17.2 Å². The zero-order valence-electron chi connectivity index (χ0n) is 18.5. The van der Waals surface area contributed by atoms with Gasteiger partial charge in [0.05, 0.1) is 20.8 Å². The molecule has 0 saturated carbocycles. The summed E-state index contributed by atoms with van der Waals surface area (Å²) in [4.78, 5) is 6.69. The van der Waals surface area contributed by atoms with Gasteiger partial charge >= 0.3 is 0 Å². The molecular weight excluding hydrogens is 507 g/mol. The average Bonchev–Trinajstić information content (AvgIpc) is 3.27. The van der Waals surface area contributed by atoms with Crippen molar-refractivity contribution in [1.29, 1.82) is 0 Å². The fourth-order valence-corrected chi connectivity index (χ4v) is 3.46. The highest BCUT2D eigenvalue weighted by atomic mass is 127. The number of rotatable bonds is 9. The van der Waals surface area contributed by atoms with Crippen LogP contribution in [0.1, 0.15) is 12.8 Å². The molecule has 170 valence electrons. The second kappa shape index (κ2) is 13.1. The van der Waals surface area contributed by atoms with E-state index in [0.29, 0.717) is 12.6 Å². The molecule has 7 nitrogen and oxygen atoms in total. The van der Waals surface area contributed by atoms with E-state index in [9.17, 15) is 0 Å². The lowest BCUT2D eigenvalue weighted by molar-refractivity contribution is 0.311. The number of aliphatic imine (C=N–C) groups is 1. The number of hydrogen-bond donors (Lipinski definition) is 2. The smallest absolute Gasteiger partial charge is 0.191 e. The lowest BCUT2D eigenvalue weighted by atomic mass is 10.2. The first-order valence-corrected chi connectivity index (χ1v) is 10.3. The first-order valence-electron chi connectivity index (χ1n) is 10.3. The SMILES string of the molecule is CN=C(NCCCOc1ccccc1)NC1CCN(c2cc(OC)cc(OC)c2)C1.I. The highest BCUT2D eigenvalue weighted by Crippen LogP contribution is 2.30. The van der Waals surface area contributed by atoms with Gasteiger partial charge in [-0.05, 0) is 25.0 Å². The first-order chi connectivity index (χ1) is 14.7. The first kappa shape index (κ1) is 24.9. The summed E-state index contributed by atoms with van der Waals surface area (Å²) < 4.78 is 16.5. The maximum Gasteiger partial charge on any atom is 0.191 e. The van der Waals surface area contributed by atoms with E-state index >= 15 is 0 Å². The van der Waals surface area contributed by atoms with Gasteiger partial charge in [-0.1, -0.05) is 18.2 Å². The molecule has 1 aliphatic rings. The molecule has 2 N–H and O–H groups in total. The molecule has 1 unspecified atom stereocenters. The number of nitrogens with one attached hydrogen (secondary N) is 2. The molecule has 2 aromatic carbocycles. The van der Waals surface area contributed by atoms with Gasteiger partial charge in [0.15, 0.2) is 5.96 Å². The van der Waals surface area contributed by atoms with Crippen LogP contribution in [-0.4, -0.2) is 59.5 Å². The summed E-state index contributed by atoms with van der Waals surface area (Å²) in [6.07, 6.45) is 1.94. The van der Waals surface area contributed by atoms with Crippen LogP contribution in [0, 0.1) is 0 Å². The Hall–Kier alpha value is -2.36. The molecule has 3 rings (SSSR count). The van der Waals surface area contributed by atoms with E-state index in [4.69, 9.17) is 14.2 Å². The van der Waals surface area contributed by atoms with Crippen LogP contribution in [0.4, 0.5) is 5.69 Å².